The third-order valence-electron chi connectivity index (χ3n) is 5.05. The number of imidazole rings is 1. The van der Waals surface area contributed by atoms with E-state index in [2.05, 4.69) is 15.0 Å². The lowest BCUT2D eigenvalue weighted by atomic mass is 10.1. The molecule has 0 aliphatic heterocycles. The van der Waals surface area contributed by atoms with Crippen LogP contribution in [0.2, 0.25) is 0 Å². The average Bonchev–Trinajstić information content (AvgIpc) is 3.17. The minimum absolute atomic E-state index is 0.0987. The van der Waals surface area contributed by atoms with Gasteiger partial charge in [-0.15, -0.1) is 0 Å². The summed E-state index contributed by atoms with van der Waals surface area (Å²) in [4.78, 5) is 36.7. The molecular formula is C22H21N5O6. The van der Waals surface area contributed by atoms with E-state index in [0.29, 0.717) is 34.2 Å². The molecule has 0 radical (unpaired) electrons. The van der Waals surface area contributed by atoms with Crippen LogP contribution < -0.4 is 30.4 Å². The van der Waals surface area contributed by atoms with E-state index in [4.69, 9.17) is 24.7 Å². The largest absolute Gasteiger partial charge is 0.497 e. The summed E-state index contributed by atoms with van der Waals surface area (Å²) < 4.78 is 22.6. The number of hydrogen-bond acceptors (Lipinski definition) is 8. The lowest BCUT2D eigenvalue weighted by molar-refractivity contribution is 0.0997. The maximum atomic E-state index is 13.0. The van der Waals surface area contributed by atoms with Crippen molar-refractivity contribution < 1.29 is 23.7 Å². The number of hydrogen-bond donors (Lipinski definition) is 2. The van der Waals surface area contributed by atoms with Crippen LogP contribution in [-0.4, -0.2) is 53.9 Å². The first-order chi connectivity index (χ1) is 15.9. The Hall–Kier alpha value is -4.54. The molecule has 0 fully saturated rings. The number of aromatic amines is 1. The zero-order valence-electron chi connectivity index (χ0n) is 18.3. The van der Waals surface area contributed by atoms with Crippen LogP contribution in [0, 0.1) is 0 Å². The number of amides is 1. The van der Waals surface area contributed by atoms with Crippen LogP contribution in [0.3, 0.4) is 0 Å². The monoisotopic (exact) mass is 451 g/mol. The number of nitrogens with one attached hydrogen (secondary N) is 1. The summed E-state index contributed by atoms with van der Waals surface area (Å²) >= 11 is 0. The van der Waals surface area contributed by atoms with Gasteiger partial charge in [-0.05, 0) is 24.3 Å². The molecule has 0 saturated carbocycles. The van der Waals surface area contributed by atoms with Gasteiger partial charge in [0, 0.05) is 12.1 Å². The molecule has 33 heavy (non-hydrogen) atoms. The van der Waals surface area contributed by atoms with E-state index < -0.39 is 11.6 Å². The van der Waals surface area contributed by atoms with Gasteiger partial charge in [0.05, 0.1) is 39.7 Å². The second kappa shape index (κ2) is 8.54. The first-order valence-corrected chi connectivity index (χ1v) is 9.69. The van der Waals surface area contributed by atoms with E-state index in [0.717, 1.165) is 0 Å². The lowest BCUT2D eigenvalue weighted by Crippen LogP contribution is -2.16. The molecule has 4 rings (SSSR count). The van der Waals surface area contributed by atoms with Crippen LogP contribution in [0.1, 0.15) is 10.5 Å². The second-order valence-corrected chi connectivity index (χ2v) is 6.83. The second-order valence-electron chi connectivity index (χ2n) is 6.83. The first kappa shape index (κ1) is 21.7. The number of fused-ring (bicyclic) bond motifs is 1. The van der Waals surface area contributed by atoms with E-state index in [1.165, 1.54) is 33.0 Å². The van der Waals surface area contributed by atoms with Crippen molar-refractivity contribution in [3.63, 3.8) is 0 Å². The molecule has 2 heterocycles. The maximum absolute atomic E-state index is 13.0. The third-order valence-corrected chi connectivity index (χ3v) is 5.05. The number of methoxy groups -OCH3 is 4. The van der Waals surface area contributed by atoms with Crippen molar-refractivity contribution in [2.75, 3.05) is 28.4 Å². The molecule has 1 amide bonds. The highest BCUT2D eigenvalue weighted by Gasteiger charge is 2.23. The summed E-state index contributed by atoms with van der Waals surface area (Å²) in [7, 11) is 6.01. The Morgan fingerprint density at radius 2 is 1.55 bits per heavy atom. The van der Waals surface area contributed by atoms with Gasteiger partial charge in [0.25, 0.3) is 5.91 Å². The van der Waals surface area contributed by atoms with Crippen LogP contribution in [0.4, 0.5) is 0 Å². The molecule has 0 bridgehead atoms. The van der Waals surface area contributed by atoms with Crippen molar-refractivity contribution >= 4 is 17.1 Å². The number of H-pyrrole nitrogens is 1. The van der Waals surface area contributed by atoms with Gasteiger partial charge in [0.1, 0.15) is 28.5 Å². The molecule has 2 aromatic heterocycles. The zero-order chi connectivity index (χ0) is 23.7. The van der Waals surface area contributed by atoms with Crippen LogP contribution in [0.25, 0.3) is 28.2 Å². The molecule has 0 saturated heterocycles. The van der Waals surface area contributed by atoms with Gasteiger partial charge < -0.3 is 29.7 Å². The summed E-state index contributed by atoms with van der Waals surface area (Å²) in [6.07, 6.45) is 0. The Morgan fingerprint density at radius 1 is 0.909 bits per heavy atom. The molecule has 11 heteroatoms. The molecule has 0 aliphatic carbocycles. The minimum Gasteiger partial charge on any atom is -0.497 e. The van der Waals surface area contributed by atoms with Crippen molar-refractivity contribution in [2.45, 2.75) is 0 Å². The number of carbonyl (C=O) groups excluding carboxylic acids is 1. The highest BCUT2D eigenvalue weighted by Crippen LogP contribution is 2.33. The molecule has 11 nitrogen and oxygen atoms in total. The van der Waals surface area contributed by atoms with Crippen LogP contribution >= 0.6 is 0 Å². The molecule has 170 valence electrons. The minimum atomic E-state index is -0.828. The van der Waals surface area contributed by atoms with Crippen molar-refractivity contribution in [3.05, 3.63) is 52.6 Å². The molecule has 0 spiro atoms. The Labute approximate surface area is 187 Å². The fraction of sp³-hybridized carbons (Fsp3) is 0.182. The Kier molecular flexibility index (Phi) is 5.61. The van der Waals surface area contributed by atoms with E-state index in [9.17, 15) is 9.59 Å². The Bertz CT molecular complexity index is 1430. The molecule has 0 unspecified atom stereocenters. The standard InChI is InChI=1S/C22H21N5O6/c1-30-11-5-7-13(15(9-11)32-3)20-24-17(19(23)28)18-21(26-20)27(22(29)25-18)14-8-6-12(31-2)10-16(14)33-4/h5-10H,1-4H3,(H2,23,28)(H,25,29). The highest BCUT2D eigenvalue weighted by molar-refractivity contribution is 6.02. The first-order valence-electron chi connectivity index (χ1n) is 9.69. The number of ether oxygens (including phenoxy) is 4. The number of nitrogens with zero attached hydrogens (tertiary/aromatic N) is 3. The Balaban J connectivity index is 2.05. The number of rotatable bonds is 7. The van der Waals surface area contributed by atoms with E-state index in [1.807, 2.05) is 0 Å². The summed E-state index contributed by atoms with van der Waals surface area (Å²) in [5.74, 6) is 1.19. The predicted molar refractivity (Wildman–Crippen MR) is 120 cm³/mol. The lowest BCUT2D eigenvalue weighted by Gasteiger charge is -2.12. The fourth-order valence-electron chi connectivity index (χ4n) is 3.46. The van der Waals surface area contributed by atoms with Gasteiger partial charge in [-0.25, -0.2) is 19.3 Å². The van der Waals surface area contributed by atoms with E-state index in [1.54, 1.807) is 36.4 Å². The fourth-order valence-corrected chi connectivity index (χ4v) is 3.46. The molecule has 3 N–H and O–H groups in total. The smallest absolute Gasteiger partial charge is 0.332 e. The van der Waals surface area contributed by atoms with Crippen LogP contribution in [-0.2, 0) is 0 Å². The zero-order valence-corrected chi connectivity index (χ0v) is 18.3. The van der Waals surface area contributed by atoms with Gasteiger partial charge in [-0.2, -0.15) is 0 Å². The summed E-state index contributed by atoms with van der Waals surface area (Å²) in [6, 6.07) is 9.99. The maximum Gasteiger partial charge on any atom is 0.332 e. The average molecular weight is 451 g/mol. The summed E-state index contributed by atoms with van der Waals surface area (Å²) in [6.45, 7) is 0. The number of benzene rings is 2. The van der Waals surface area contributed by atoms with E-state index in [-0.39, 0.29) is 22.7 Å². The summed E-state index contributed by atoms with van der Waals surface area (Å²) in [5, 5.41) is 0. The number of nitrogens with two attached hydrogens (primary N) is 1. The van der Waals surface area contributed by atoms with Gasteiger partial charge in [0.2, 0.25) is 0 Å². The van der Waals surface area contributed by atoms with Gasteiger partial charge >= 0.3 is 5.69 Å². The van der Waals surface area contributed by atoms with Crippen molar-refractivity contribution in [1.29, 1.82) is 0 Å². The van der Waals surface area contributed by atoms with Crippen molar-refractivity contribution in [3.8, 4) is 40.1 Å². The SMILES string of the molecule is COc1ccc(-c2nc(C(N)=O)c3[nH]c(=O)n(-c4ccc(OC)cc4OC)c3n2)c(OC)c1. The predicted octanol–water partition coefficient (Wildman–Crippen LogP) is 1.91. The quantitative estimate of drug-likeness (QED) is 0.434. The van der Waals surface area contributed by atoms with Crippen molar-refractivity contribution in [1.82, 2.24) is 19.5 Å². The molecule has 0 atom stereocenters. The summed E-state index contributed by atoms with van der Waals surface area (Å²) in [5.41, 5.74) is 5.99. The number of primary amides is 1. The topological polar surface area (TPSA) is 144 Å². The van der Waals surface area contributed by atoms with Crippen molar-refractivity contribution in [2.24, 2.45) is 5.73 Å². The molecule has 4 aromatic rings. The van der Waals surface area contributed by atoms with Crippen LogP contribution in [0.15, 0.2) is 41.2 Å². The number of aromatic nitrogens is 4. The van der Waals surface area contributed by atoms with Gasteiger partial charge in [0.15, 0.2) is 17.2 Å². The van der Waals surface area contributed by atoms with E-state index >= 15 is 0 Å². The highest BCUT2D eigenvalue weighted by atomic mass is 16.5. The third kappa shape index (κ3) is 3.69. The van der Waals surface area contributed by atoms with Gasteiger partial charge in [-0.3, -0.25) is 4.79 Å². The Morgan fingerprint density at radius 3 is 2.15 bits per heavy atom. The number of carbonyl (C=O) groups is 1. The van der Waals surface area contributed by atoms with Crippen LogP contribution in [0.5, 0.6) is 23.0 Å². The van der Waals surface area contributed by atoms with Gasteiger partial charge in [-0.1, -0.05) is 0 Å². The molecule has 2 aromatic carbocycles. The normalized spacial score (nSPS) is 10.8. The molecule has 0 aliphatic rings. The molecular weight excluding hydrogens is 430 g/mol.